The summed E-state index contributed by atoms with van der Waals surface area (Å²) >= 11 is 0. The van der Waals surface area contributed by atoms with Crippen LogP contribution in [-0.2, 0) is 14.3 Å². The summed E-state index contributed by atoms with van der Waals surface area (Å²) in [5.74, 6) is 0.714. The molecular weight excluding hydrogens is 463 g/mol. The molecule has 4 heterocycles. The standard InChI is InChI=1S/C26H31FN6O3/c1-3-11-28-24(34)26(2)15-35-23(36-16-26)22-31-20(17-6-8-18(27)9-7-17)21(32-22)19-10-12-29-25(30-19)33-13-4-5-14-33/h6-10,12,23H,3-5,11,13-16H2,1-2H3,(H,28,34)(H,31,32). The van der Waals surface area contributed by atoms with E-state index in [0.717, 1.165) is 37.9 Å². The van der Waals surface area contributed by atoms with Crippen LogP contribution in [0.4, 0.5) is 10.3 Å². The number of ether oxygens (including phenoxy) is 2. The van der Waals surface area contributed by atoms with Gasteiger partial charge in [-0.1, -0.05) is 6.92 Å². The summed E-state index contributed by atoms with van der Waals surface area (Å²) in [7, 11) is 0. The van der Waals surface area contributed by atoms with Gasteiger partial charge in [-0.05, 0) is 56.5 Å². The Morgan fingerprint density at radius 1 is 1.17 bits per heavy atom. The lowest BCUT2D eigenvalue weighted by Gasteiger charge is -2.35. The Balaban J connectivity index is 1.44. The van der Waals surface area contributed by atoms with Gasteiger partial charge >= 0.3 is 0 Å². The third-order valence-corrected chi connectivity index (χ3v) is 6.54. The first-order valence-corrected chi connectivity index (χ1v) is 12.4. The van der Waals surface area contributed by atoms with E-state index >= 15 is 0 Å². The number of aromatic nitrogens is 4. The Bertz CT molecular complexity index is 1200. The topological polar surface area (TPSA) is 105 Å². The summed E-state index contributed by atoms with van der Waals surface area (Å²) in [4.78, 5) is 32.1. The molecule has 3 aromatic rings. The second-order valence-corrected chi connectivity index (χ2v) is 9.56. The first-order chi connectivity index (χ1) is 17.5. The molecule has 0 bridgehead atoms. The maximum atomic E-state index is 13.6. The van der Waals surface area contributed by atoms with Crippen LogP contribution in [0.25, 0.3) is 22.6 Å². The molecule has 5 rings (SSSR count). The van der Waals surface area contributed by atoms with Crippen LogP contribution in [0.15, 0.2) is 36.5 Å². The average molecular weight is 495 g/mol. The molecule has 10 heteroatoms. The van der Waals surface area contributed by atoms with E-state index in [4.69, 9.17) is 19.4 Å². The van der Waals surface area contributed by atoms with Gasteiger partial charge in [0.05, 0.1) is 35.7 Å². The molecule has 0 saturated carbocycles. The van der Waals surface area contributed by atoms with Crippen LogP contribution >= 0.6 is 0 Å². The molecule has 9 nitrogen and oxygen atoms in total. The lowest BCUT2D eigenvalue weighted by Crippen LogP contribution is -2.48. The van der Waals surface area contributed by atoms with Gasteiger partial charge < -0.3 is 24.7 Å². The third kappa shape index (κ3) is 4.96. The van der Waals surface area contributed by atoms with Crippen molar-refractivity contribution in [2.45, 2.75) is 39.4 Å². The van der Waals surface area contributed by atoms with Crippen LogP contribution in [0.3, 0.4) is 0 Å². The van der Waals surface area contributed by atoms with Crippen molar-refractivity contribution in [2.24, 2.45) is 5.41 Å². The second-order valence-electron chi connectivity index (χ2n) is 9.56. The quantitative estimate of drug-likeness (QED) is 0.514. The van der Waals surface area contributed by atoms with Crippen molar-refractivity contribution < 1.29 is 18.7 Å². The molecule has 0 radical (unpaired) electrons. The highest BCUT2D eigenvalue weighted by Gasteiger charge is 2.40. The van der Waals surface area contributed by atoms with E-state index in [0.29, 0.717) is 35.4 Å². The first kappa shape index (κ1) is 24.3. The highest BCUT2D eigenvalue weighted by atomic mass is 19.1. The van der Waals surface area contributed by atoms with E-state index in [1.165, 1.54) is 12.1 Å². The van der Waals surface area contributed by atoms with Gasteiger partial charge in [0, 0.05) is 31.4 Å². The molecule has 0 atom stereocenters. The molecule has 0 unspecified atom stereocenters. The number of carbonyl (C=O) groups is 1. The summed E-state index contributed by atoms with van der Waals surface area (Å²) in [6.07, 6.45) is 4.06. The summed E-state index contributed by atoms with van der Waals surface area (Å²) in [6.45, 7) is 6.69. The number of nitrogens with one attached hydrogen (secondary N) is 2. The Morgan fingerprint density at radius 2 is 1.89 bits per heavy atom. The molecule has 2 aromatic heterocycles. The lowest BCUT2D eigenvalue weighted by atomic mass is 9.91. The summed E-state index contributed by atoms with van der Waals surface area (Å²) in [5.41, 5.74) is 1.90. The predicted octanol–water partition coefficient (Wildman–Crippen LogP) is 3.85. The lowest BCUT2D eigenvalue weighted by molar-refractivity contribution is -0.231. The van der Waals surface area contributed by atoms with Gasteiger partial charge in [-0.2, -0.15) is 0 Å². The second kappa shape index (κ2) is 10.3. The zero-order valence-electron chi connectivity index (χ0n) is 20.6. The average Bonchev–Trinajstić information content (AvgIpc) is 3.59. The van der Waals surface area contributed by atoms with E-state index in [9.17, 15) is 9.18 Å². The van der Waals surface area contributed by atoms with E-state index < -0.39 is 11.7 Å². The zero-order chi connectivity index (χ0) is 25.1. The van der Waals surface area contributed by atoms with Crippen molar-refractivity contribution >= 4 is 11.9 Å². The number of hydrogen-bond acceptors (Lipinski definition) is 7. The van der Waals surface area contributed by atoms with Crippen molar-refractivity contribution in [3.05, 3.63) is 48.2 Å². The number of benzene rings is 1. The fourth-order valence-electron chi connectivity index (χ4n) is 4.41. The number of halogens is 1. The summed E-state index contributed by atoms with van der Waals surface area (Å²) in [6, 6.07) is 7.98. The largest absolute Gasteiger partial charge is 0.355 e. The molecule has 2 N–H and O–H groups in total. The molecule has 36 heavy (non-hydrogen) atoms. The number of nitrogens with zero attached hydrogens (tertiary/aromatic N) is 4. The third-order valence-electron chi connectivity index (χ3n) is 6.54. The smallest absolute Gasteiger partial charge is 0.230 e. The maximum absolute atomic E-state index is 13.6. The number of imidazole rings is 1. The molecule has 190 valence electrons. The van der Waals surface area contributed by atoms with Crippen molar-refractivity contribution in [1.29, 1.82) is 0 Å². The Kier molecular flexibility index (Phi) is 6.97. The van der Waals surface area contributed by atoms with E-state index in [1.807, 2.05) is 19.9 Å². The van der Waals surface area contributed by atoms with Crippen LogP contribution in [0.1, 0.15) is 45.2 Å². The Morgan fingerprint density at radius 3 is 2.58 bits per heavy atom. The monoisotopic (exact) mass is 494 g/mol. The fraction of sp³-hybridized carbons (Fsp3) is 0.462. The summed E-state index contributed by atoms with van der Waals surface area (Å²) in [5, 5.41) is 2.92. The van der Waals surface area contributed by atoms with Crippen molar-refractivity contribution in [3.8, 4) is 22.6 Å². The predicted molar refractivity (Wildman–Crippen MR) is 133 cm³/mol. The number of carbonyl (C=O) groups excluding carboxylic acids is 1. The van der Waals surface area contributed by atoms with Crippen LogP contribution in [-0.4, -0.2) is 58.7 Å². The number of H-pyrrole nitrogens is 1. The van der Waals surface area contributed by atoms with Gasteiger partial charge in [0.1, 0.15) is 5.82 Å². The highest BCUT2D eigenvalue weighted by molar-refractivity contribution is 5.82. The summed E-state index contributed by atoms with van der Waals surface area (Å²) < 4.78 is 25.6. The minimum absolute atomic E-state index is 0.0923. The molecule has 2 fully saturated rings. The number of rotatable bonds is 7. The normalized spacial score (nSPS) is 22.1. The SMILES string of the molecule is CCCNC(=O)C1(C)COC(c2nc(-c3ccc(F)cc3)c(-c3ccnc(N4CCCC4)n3)[nH]2)OC1. The number of hydrogen-bond donors (Lipinski definition) is 2. The molecular formula is C26H31FN6O3. The fourth-order valence-corrected chi connectivity index (χ4v) is 4.41. The van der Waals surface area contributed by atoms with Crippen molar-refractivity contribution in [3.63, 3.8) is 0 Å². The van der Waals surface area contributed by atoms with Crippen LogP contribution in [0, 0.1) is 11.2 Å². The minimum atomic E-state index is -0.780. The van der Waals surface area contributed by atoms with E-state index in [-0.39, 0.29) is 24.9 Å². The van der Waals surface area contributed by atoms with E-state index in [1.54, 1.807) is 18.3 Å². The molecule has 2 aliphatic rings. The van der Waals surface area contributed by atoms with Crippen LogP contribution < -0.4 is 10.2 Å². The van der Waals surface area contributed by atoms with Crippen LogP contribution in [0.2, 0.25) is 0 Å². The highest BCUT2D eigenvalue weighted by Crippen LogP contribution is 2.36. The van der Waals surface area contributed by atoms with Crippen LogP contribution in [0.5, 0.6) is 0 Å². The Labute approximate surface area is 209 Å². The van der Waals surface area contributed by atoms with Crippen molar-refractivity contribution in [1.82, 2.24) is 25.3 Å². The molecule has 2 aliphatic heterocycles. The van der Waals surface area contributed by atoms with Gasteiger partial charge in [0.25, 0.3) is 0 Å². The van der Waals surface area contributed by atoms with Gasteiger partial charge in [0.2, 0.25) is 18.1 Å². The van der Waals surface area contributed by atoms with Crippen molar-refractivity contribution in [2.75, 3.05) is 37.7 Å². The molecule has 2 saturated heterocycles. The maximum Gasteiger partial charge on any atom is 0.230 e. The number of anilines is 1. The van der Waals surface area contributed by atoms with Gasteiger partial charge in [-0.25, -0.2) is 19.3 Å². The zero-order valence-corrected chi connectivity index (χ0v) is 20.6. The number of amides is 1. The number of aromatic amines is 1. The Hall–Kier alpha value is -3.37. The molecule has 0 spiro atoms. The molecule has 0 aliphatic carbocycles. The van der Waals surface area contributed by atoms with E-state index in [2.05, 4.69) is 20.2 Å². The molecule has 1 aromatic carbocycles. The minimum Gasteiger partial charge on any atom is -0.355 e. The van der Waals surface area contributed by atoms with Gasteiger partial charge in [-0.15, -0.1) is 0 Å². The van der Waals surface area contributed by atoms with Gasteiger partial charge in [-0.3, -0.25) is 4.79 Å². The molecule has 1 amide bonds. The van der Waals surface area contributed by atoms with Gasteiger partial charge in [0.15, 0.2) is 5.82 Å². The first-order valence-electron chi connectivity index (χ1n) is 12.4.